The van der Waals surface area contributed by atoms with E-state index in [4.69, 9.17) is 9.84 Å². The maximum absolute atomic E-state index is 13.3. The Morgan fingerprint density at radius 2 is 2.23 bits per heavy atom. The first-order valence-electron chi connectivity index (χ1n) is 3.97. The smallest absolute Gasteiger partial charge is 0.173 e. The van der Waals surface area contributed by atoms with E-state index in [1.165, 1.54) is 6.07 Å². The monoisotopic (exact) mass is 186 g/mol. The van der Waals surface area contributed by atoms with Crippen molar-refractivity contribution < 1.29 is 18.6 Å². The van der Waals surface area contributed by atoms with Gasteiger partial charge in [0.05, 0.1) is 18.8 Å². The molecule has 1 heterocycles. The lowest BCUT2D eigenvalue weighted by Gasteiger charge is -2.05. The molecule has 2 rings (SSSR count). The summed E-state index contributed by atoms with van der Waals surface area (Å²) in [5, 5.41) is 8.69. The maximum Gasteiger partial charge on any atom is 0.173 e. The van der Waals surface area contributed by atoms with E-state index in [9.17, 15) is 8.78 Å². The summed E-state index contributed by atoms with van der Waals surface area (Å²) in [6.07, 6.45) is 0.523. The zero-order valence-electron chi connectivity index (χ0n) is 6.81. The fourth-order valence-electron chi connectivity index (χ4n) is 1.44. The van der Waals surface area contributed by atoms with Crippen LogP contribution in [0.25, 0.3) is 0 Å². The zero-order chi connectivity index (χ0) is 9.42. The quantitative estimate of drug-likeness (QED) is 0.718. The lowest BCUT2D eigenvalue weighted by Crippen LogP contribution is -1.98. The zero-order valence-corrected chi connectivity index (χ0v) is 6.81. The molecule has 2 nitrogen and oxygen atoms in total. The SMILES string of the molecule is OCc1c(F)cc2c(c1F)OCC2. The Morgan fingerprint density at radius 3 is 2.92 bits per heavy atom. The molecule has 13 heavy (non-hydrogen) atoms. The Labute approximate surface area is 73.8 Å². The lowest BCUT2D eigenvalue weighted by atomic mass is 10.1. The van der Waals surface area contributed by atoms with Gasteiger partial charge in [-0.15, -0.1) is 0 Å². The van der Waals surface area contributed by atoms with Gasteiger partial charge in [0, 0.05) is 12.0 Å². The third kappa shape index (κ3) is 1.18. The first-order valence-corrected chi connectivity index (χ1v) is 3.97. The van der Waals surface area contributed by atoms with Crippen LogP contribution in [-0.2, 0) is 13.0 Å². The number of hydrogen-bond donors (Lipinski definition) is 1. The number of aliphatic hydroxyl groups excluding tert-OH is 1. The van der Waals surface area contributed by atoms with E-state index in [1.807, 2.05) is 0 Å². The molecule has 70 valence electrons. The van der Waals surface area contributed by atoms with Gasteiger partial charge in [0.1, 0.15) is 5.82 Å². The van der Waals surface area contributed by atoms with Crippen LogP contribution >= 0.6 is 0 Å². The maximum atomic E-state index is 13.3. The van der Waals surface area contributed by atoms with Gasteiger partial charge in [-0.2, -0.15) is 0 Å². The standard InChI is InChI=1S/C9H8F2O2/c10-7-3-5-1-2-13-9(5)8(11)6(7)4-12/h3,12H,1-2,4H2. The molecule has 1 aromatic rings. The van der Waals surface area contributed by atoms with Crippen molar-refractivity contribution in [2.45, 2.75) is 13.0 Å². The third-order valence-corrected chi connectivity index (χ3v) is 2.12. The average molecular weight is 186 g/mol. The van der Waals surface area contributed by atoms with Crippen LogP contribution in [0.15, 0.2) is 6.07 Å². The van der Waals surface area contributed by atoms with E-state index in [0.717, 1.165) is 0 Å². The van der Waals surface area contributed by atoms with Crippen molar-refractivity contribution in [3.8, 4) is 5.75 Å². The minimum absolute atomic E-state index is 0.0884. The van der Waals surface area contributed by atoms with E-state index in [1.54, 1.807) is 0 Å². The number of fused-ring (bicyclic) bond motifs is 1. The lowest BCUT2D eigenvalue weighted by molar-refractivity contribution is 0.264. The molecule has 1 aliphatic heterocycles. The topological polar surface area (TPSA) is 29.5 Å². The minimum atomic E-state index is -0.769. The van der Waals surface area contributed by atoms with Gasteiger partial charge in [0.25, 0.3) is 0 Å². The first kappa shape index (κ1) is 8.44. The van der Waals surface area contributed by atoms with Crippen molar-refractivity contribution in [2.75, 3.05) is 6.61 Å². The second-order valence-electron chi connectivity index (χ2n) is 2.90. The van der Waals surface area contributed by atoms with Crippen LogP contribution in [0.3, 0.4) is 0 Å². The van der Waals surface area contributed by atoms with Crippen LogP contribution in [0.5, 0.6) is 5.75 Å². The molecular weight excluding hydrogens is 178 g/mol. The van der Waals surface area contributed by atoms with E-state index >= 15 is 0 Å². The van der Waals surface area contributed by atoms with Crippen molar-refractivity contribution in [1.29, 1.82) is 0 Å². The van der Waals surface area contributed by atoms with E-state index in [0.29, 0.717) is 18.6 Å². The highest BCUT2D eigenvalue weighted by atomic mass is 19.1. The van der Waals surface area contributed by atoms with Crippen LogP contribution in [0.2, 0.25) is 0 Å². The Balaban J connectivity index is 2.62. The molecule has 1 aromatic carbocycles. The highest BCUT2D eigenvalue weighted by Crippen LogP contribution is 2.32. The van der Waals surface area contributed by atoms with Gasteiger partial charge in [-0.25, -0.2) is 8.78 Å². The Bertz CT molecular complexity index is 346. The first-order chi connectivity index (χ1) is 6.24. The molecule has 0 aromatic heterocycles. The molecule has 1 aliphatic rings. The van der Waals surface area contributed by atoms with Crippen LogP contribution < -0.4 is 4.74 Å². The Hall–Kier alpha value is -1.16. The van der Waals surface area contributed by atoms with Crippen molar-refractivity contribution >= 4 is 0 Å². The molecule has 0 fully saturated rings. The third-order valence-electron chi connectivity index (χ3n) is 2.12. The van der Waals surface area contributed by atoms with E-state index in [2.05, 4.69) is 0 Å². The predicted octanol–water partition coefficient (Wildman–Crippen LogP) is 1.39. The number of aliphatic hydroxyl groups is 1. The molecule has 0 unspecified atom stereocenters. The molecule has 0 aliphatic carbocycles. The van der Waals surface area contributed by atoms with Crippen LogP contribution in [0.1, 0.15) is 11.1 Å². The van der Waals surface area contributed by atoms with Gasteiger partial charge < -0.3 is 9.84 Å². The van der Waals surface area contributed by atoms with Crippen molar-refractivity contribution in [2.24, 2.45) is 0 Å². The van der Waals surface area contributed by atoms with Crippen molar-refractivity contribution in [3.05, 3.63) is 28.8 Å². The van der Waals surface area contributed by atoms with Crippen LogP contribution in [0.4, 0.5) is 8.78 Å². The molecule has 0 amide bonds. The van der Waals surface area contributed by atoms with E-state index < -0.39 is 18.2 Å². The minimum Gasteiger partial charge on any atom is -0.490 e. The summed E-state index contributed by atoms with van der Waals surface area (Å²) in [5.41, 5.74) is 0.216. The second-order valence-corrected chi connectivity index (χ2v) is 2.90. The number of halogens is 2. The molecule has 0 atom stereocenters. The molecule has 0 radical (unpaired) electrons. The van der Waals surface area contributed by atoms with Gasteiger partial charge in [-0.05, 0) is 6.07 Å². The van der Waals surface area contributed by atoms with Crippen LogP contribution in [-0.4, -0.2) is 11.7 Å². The molecule has 0 bridgehead atoms. The molecular formula is C9H8F2O2. The van der Waals surface area contributed by atoms with Crippen molar-refractivity contribution in [3.63, 3.8) is 0 Å². The summed E-state index contributed by atoms with van der Waals surface area (Å²) in [5.74, 6) is -1.38. The normalized spacial score (nSPS) is 14.1. The van der Waals surface area contributed by atoms with Crippen molar-refractivity contribution in [1.82, 2.24) is 0 Å². The average Bonchev–Trinajstić information content (AvgIpc) is 2.53. The van der Waals surface area contributed by atoms with Gasteiger partial charge >= 0.3 is 0 Å². The fraction of sp³-hybridized carbons (Fsp3) is 0.333. The molecule has 4 heteroatoms. The van der Waals surface area contributed by atoms with Gasteiger partial charge in [0.15, 0.2) is 11.6 Å². The number of hydrogen-bond acceptors (Lipinski definition) is 2. The molecule has 0 saturated carbocycles. The largest absolute Gasteiger partial charge is 0.490 e. The number of benzene rings is 1. The fourth-order valence-corrected chi connectivity index (χ4v) is 1.44. The number of ether oxygens (including phenoxy) is 1. The highest BCUT2D eigenvalue weighted by molar-refractivity contribution is 5.42. The predicted molar refractivity (Wildman–Crippen MR) is 41.5 cm³/mol. The summed E-state index contributed by atoms with van der Waals surface area (Å²) < 4.78 is 31.3. The number of rotatable bonds is 1. The molecule has 0 spiro atoms. The molecule has 0 saturated heterocycles. The summed E-state index contributed by atoms with van der Waals surface area (Å²) in [7, 11) is 0. The summed E-state index contributed by atoms with van der Waals surface area (Å²) >= 11 is 0. The second kappa shape index (κ2) is 2.96. The van der Waals surface area contributed by atoms with Gasteiger partial charge in [-0.1, -0.05) is 0 Å². The Kier molecular flexibility index (Phi) is 1.92. The van der Waals surface area contributed by atoms with E-state index in [-0.39, 0.29) is 11.3 Å². The van der Waals surface area contributed by atoms with Gasteiger partial charge in [-0.3, -0.25) is 0 Å². The summed E-state index contributed by atoms with van der Waals surface area (Å²) in [6, 6.07) is 1.22. The summed E-state index contributed by atoms with van der Waals surface area (Å²) in [4.78, 5) is 0. The highest BCUT2D eigenvalue weighted by Gasteiger charge is 2.22. The Morgan fingerprint density at radius 1 is 1.46 bits per heavy atom. The van der Waals surface area contributed by atoms with Crippen LogP contribution in [0, 0.1) is 11.6 Å². The molecule has 1 N–H and O–H groups in total. The summed E-state index contributed by atoms with van der Waals surface area (Å²) in [6.45, 7) is -0.269. The van der Waals surface area contributed by atoms with Gasteiger partial charge in [0.2, 0.25) is 0 Å².